The second kappa shape index (κ2) is 26.2. The van der Waals surface area contributed by atoms with Crippen LogP contribution in [0.25, 0.3) is 0 Å². The smallest absolute Gasteiger partial charge is 0.328 e. The number of rotatable bonds is 15. The van der Waals surface area contributed by atoms with Crippen LogP contribution in [0, 0.1) is 11.8 Å². The van der Waals surface area contributed by atoms with Crippen LogP contribution >= 0.6 is 0 Å². The summed E-state index contributed by atoms with van der Waals surface area (Å²) in [6.45, 7) is 8.17. The van der Waals surface area contributed by atoms with Gasteiger partial charge in [0.2, 0.25) is 5.91 Å². The number of benzene rings is 2. The van der Waals surface area contributed by atoms with Crippen molar-refractivity contribution in [2.24, 2.45) is 5.73 Å². The maximum Gasteiger partial charge on any atom is 0.328 e. The number of esters is 2. The van der Waals surface area contributed by atoms with E-state index < -0.39 is 24.0 Å². The van der Waals surface area contributed by atoms with Crippen LogP contribution < -0.4 is 11.1 Å². The van der Waals surface area contributed by atoms with Gasteiger partial charge in [0.25, 0.3) is 0 Å². The molecule has 2 rings (SSSR count). The lowest BCUT2D eigenvalue weighted by atomic mass is 10.1. The average Bonchev–Trinajstić information content (AvgIpc) is 2.99. The highest BCUT2D eigenvalue weighted by atomic mass is 16.5. The SMILES string of the molecule is CC#CCO.CCC.CCCCCC(=O)NC(Cc1ccccc1)C(=O)OCCCOC(=O)C(N)Cc1ccccc1. The zero-order valence-electron chi connectivity index (χ0n) is 25.8. The van der Waals surface area contributed by atoms with Crippen molar-refractivity contribution < 1.29 is 29.0 Å². The van der Waals surface area contributed by atoms with Crippen LogP contribution in [-0.2, 0) is 36.7 Å². The third-order valence-electron chi connectivity index (χ3n) is 5.54. The van der Waals surface area contributed by atoms with E-state index in [9.17, 15) is 14.4 Å². The monoisotopic (exact) mass is 582 g/mol. The third kappa shape index (κ3) is 20.2. The van der Waals surface area contributed by atoms with Crippen molar-refractivity contribution >= 4 is 17.8 Å². The average molecular weight is 583 g/mol. The van der Waals surface area contributed by atoms with Crippen LogP contribution in [0.5, 0.6) is 0 Å². The molecule has 0 aromatic heterocycles. The van der Waals surface area contributed by atoms with Crippen LogP contribution in [0.2, 0.25) is 0 Å². The Kier molecular flexibility index (Phi) is 23.9. The van der Waals surface area contributed by atoms with Crippen molar-refractivity contribution in [2.75, 3.05) is 19.8 Å². The molecule has 0 bridgehead atoms. The van der Waals surface area contributed by atoms with E-state index >= 15 is 0 Å². The molecule has 0 fully saturated rings. The molecule has 0 saturated heterocycles. The number of unbranched alkanes of at least 4 members (excludes halogenated alkanes) is 2. The Hall–Kier alpha value is -3.67. The first-order valence-corrected chi connectivity index (χ1v) is 14.8. The number of hydrogen-bond donors (Lipinski definition) is 3. The molecule has 0 heterocycles. The van der Waals surface area contributed by atoms with Gasteiger partial charge in [0.1, 0.15) is 18.7 Å². The number of carbonyl (C=O) groups excluding carboxylic acids is 3. The van der Waals surface area contributed by atoms with Gasteiger partial charge in [0, 0.05) is 19.3 Å². The molecule has 1 amide bonds. The standard InChI is InChI=1S/C27H36N2O5.C4H6O.C3H8/c1-2-3-6-16-25(30)29-24(20-22-14-9-5-10-15-22)27(32)34-18-11-17-33-26(31)23(28)19-21-12-7-4-8-13-21;1-2-3-4-5;1-3-2/h4-5,7-10,12-15,23-24H,2-3,6,11,16-20,28H2,1H3,(H,29,30);5H,4H2,1H3;3H2,1-2H3. The lowest BCUT2D eigenvalue weighted by Gasteiger charge is -2.18. The number of amides is 1. The number of nitrogens with one attached hydrogen (secondary N) is 1. The zero-order chi connectivity index (χ0) is 31.4. The van der Waals surface area contributed by atoms with Gasteiger partial charge in [-0.3, -0.25) is 9.59 Å². The van der Waals surface area contributed by atoms with Crippen molar-refractivity contribution in [2.45, 2.75) is 91.1 Å². The van der Waals surface area contributed by atoms with Crippen LogP contribution in [-0.4, -0.2) is 54.9 Å². The molecule has 2 unspecified atom stereocenters. The van der Waals surface area contributed by atoms with E-state index in [2.05, 4.69) is 37.9 Å². The van der Waals surface area contributed by atoms with Gasteiger partial charge in [-0.15, -0.1) is 5.92 Å². The molecule has 8 heteroatoms. The first kappa shape index (κ1) is 38.3. The van der Waals surface area contributed by atoms with Gasteiger partial charge >= 0.3 is 11.9 Å². The van der Waals surface area contributed by atoms with E-state index in [1.54, 1.807) is 6.92 Å². The number of carbonyl (C=O) groups is 3. The summed E-state index contributed by atoms with van der Waals surface area (Å²) in [6.07, 6.45) is 5.49. The molecule has 42 heavy (non-hydrogen) atoms. The Morgan fingerprint density at radius 1 is 0.833 bits per heavy atom. The molecule has 0 aliphatic heterocycles. The summed E-state index contributed by atoms with van der Waals surface area (Å²) in [5.41, 5.74) is 7.81. The van der Waals surface area contributed by atoms with E-state index in [1.165, 1.54) is 6.42 Å². The van der Waals surface area contributed by atoms with Gasteiger partial charge in [-0.05, 0) is 30.9 Å². The number of hydrogen-bond acceptors (Lipinski definition) is 7. The Morgan fingerprint density at radius 3 is 1.83 bits per heavy atom. The highest BCUT2D eigenvalue weighted by Crippen LogP contribution is 2.07. The van der Waals surface area contributed by atoms with Crippen LogP contribution in [0.4, 0.5) is 0 Å². The highest BCUT2D eigenvalue weighted by Gasteiger charge is 2.23. The summed E-state index contributed by atoms with van der Waals surface area (Å²) < 4.78 is 10.6. The van der Waals surface area contributed by atoms with Gasteiger partial charge in [-0.25, -0.2) is 4.79 Å². The molecular weight excluding hydrogens is 532 g/mol. The fourth-order valence-corrected chi connectivity index (χ4v) is 3.49. The van der Waals surface area contributed by atoms with Gasteiger partial charge in [-0.2, -0.15) is 0 Å². The maximum absolute atomic E-state index is 12.7. The van der Waals surface area contributed by atoms with E-state index in [4.69, 9.17) is 20.3 Å². The predicted octanol–water partition coefficient (Wildman–Crippen LogP) is 4.76. The third-order valence-corrected chi connectivity index (χ3v) is 5.54. The highest BCUT2D eigenvalue weighted by molar-refractivity contribution is 5.84. The first-order valence-electron chi connectivity index (χ1n) is 14.8. The number of aliphatic hydroxyl groups excluding tert-OH is 1. The van der Waals surface area contributed by atoms with E-state index in [1.807, 2.05) is 60.7 Å². The molecule has 0 spiro atoms. The molecule has 0 aliphatic carbocycles. The second-order valence-corrected chi connectivity index (χ2v) is 9.54. The number of ether oxygens (including phenoxy) is 2. The van der Waals surface area contributed by atoms with Gasteiger partial charge in [0.15, 0.2) is 0 Å². The van der Waals surface area contributed by atoms with Crippen molar-refractivity contribution in [3.63, 3.8) is 0 Å². The lowest BCUT2D eigenvalue weighted by Crippen LogP contribution is -2.43. The molecule has 0 radical (unpaired) electrons. The second-order valence-electron chi connectivity index (χ2n) is 9.54. The van der Waals surface area contributed by atoms with Crippen LogP contribution in [0.1, 0.15) is 77.3 Å². The lowest BCUT2D eigenvalue weighted by molar-refractivity contribution is -0.149. The van der Waals surface area contributed by atoms with Gasteiger partial charge in [-0.1, -0.05) is 107 Å². The molecule has 2 aromatic carbocycles. The fourth-order valence-electron chi connectivity index (χ4n) is 3.49. The Bertz CT molecular complexity index is 1030. The minimum absolute atomic E-state index is 0.0174. The number of aliphatic hydroxyl groups is 1. The summed E-state index contributed by atoms with van der Waals surface area (Å²) >= 11 is 0. The fraction of sp³-hybridized carbons (Fsp3) is 0.500. The zero-order valence-corrected chi connectivity index (χ0v) is 25.8. The minimum atomic E-state index is -0.765. The molecular formula is C34H50N2O6. The molecule has 4 N–H and O–H groups in total. The van der Waals surface area contributed by atoms with Gasteiger partial charge < -0.3 is 25.6 Å². The summed E-state index contributed by atoms with van der Waals surface area (Å²) in [5.74, 6) is 3.78. The van der Waals surface area contributed by atoms with E-state index in [0.717, 1.165) is 30.4 Å². The van der Waals surface area contributed by atoms with Crippen molar-refractivity contribution in [3.05, 3.63) is 71.8 Å². The van der Waals surface area contributed by atoms with E-state index in [-0.39, 0.29) is 25.7 Å². The van der Waals surface area contributed by atoms with Crippen molar-refractivity contribution in [3.8, 4) is 11.8 Å². The van der Waals surface area contributed by atoms with Crippen LogP contribution in [0.3, 0.4) is 0 Å². The van der Waals surface area contributed by atoms with Crippen LogP contribution in [0.15, 0.2) is 60.7 Å². The summed E-state index contributed by atoms with van der Waals surface area (Å²) in [4.78, 5) is 37.0. The quantitative estimate of drug-likeness (QED) is 0.157. The topological polar surface area (TPSA) is 128 Å². The Balaban J connectivity index is 0.00000186. The Labute approximate surface area is 252 Å². The molecule has 2 aromatic rings. The predicted molar refractivity (Wildman–Crippen MR) is 167 cm³/mol. The molecule has 8 nitrogen and oxygen atoms in total. The first-order chi connectivity index (χ1) is 20.3. The van der Waals surface area contributed by atoms with E-state index in [0.29, 0.717) is 25.7 Å². The largest absolute Gasteiger partial charge is 0.464 e. The summed E-state index contributed by atoms with van der Waals surface area (Å²) in [6, 6.07) is 17.5. The van der Waals surface area contributed by atoms with Crippen molar-refractivity contribution in [1.82, 2.24) is 5.32 Å². The number of nitrogens with two attached hydrogens (primary N) is 1. The molecule has 0 aliphatic rings. The molecule has 0 saturated carbocycles. The minimum Gasteiger partial charge on any atom is -0.464 e. The summed E-state index contributed by atoms with van der Waals surface area (Å²) in [5, 5.41) is 10.7. The van der Waals surface area contributed by atoms with Gasteiger partial charge in [0.05, 0.1) is 13.2 Å². The van der Waals surface area contributed by atoms with Crippen molar-refractivity contribution in [1.29, 1.82) is 0 Å². The maximum atomic E-state index is 12.7. The Morgan fingerprint density at radius 2 is 1.36 bits per heavy atom. The normalized spacial score (nSPS) is 11.1. The molecule has 2 atom stereocenters. The summed E-state index contributed by atoms with van der Waals surface area (Å²) in [7, 11) is 0. The molecule has 232 valence electrons.